The van der Waals surface area contributed by atoms with E-state index in [1.807, 2.05) is 21.1 Å². The lowest BCUT2D eigenvalue weighted by atomic mass is 10.0. The molecule has 0 saturated heterocycles. The van der Waals surface area contributed by atoms with Gasteiger partial charge in [-0.25, -0.2) is 0 Å². The number of allylic oxidation sites excluding steroid dienone is 2. The molecule has 0 aliphatic carbocycles. The van der Waals surface area contributed by atoms with Crippen molar-refractivity contribution in [2.24, 2.45) is 0 Å². The number of likely N-dealkylation sites (N-methyl/N-ethyl adjacent to an activating group) is 1. The van der Waals surface area contributed by atoms with Gasteiger partial charge in [0.1, 0.15) is 19.3 Å². The molecule has 0 aromatic rings. The van der Waals surface area contributed by atoms with Crippen LogP contribution in [0.25, 0.3) is 0 Å². The quantitative estimate of drug-likeness (QED) is 0.0197. The molecule has 0 bridgehead atoms. The van der Waals surface area contributed by atoms with Crippen LogP contribution < -0.4 is 4.89 Å². The third kappa shape index (κ3) is 50.1. The highest BCUT2D eigenvalue weighted by molar-refractivity contribution is 7.45. The van der Waals surface area contributed by atoms with Crippen molar-refractivity contribution >= 4 is 13.8 Å². The van der Waals surface area contributed by atoms with Crippen molar-refractivity contribution in [2.75, 3.05) is 54.1 Å². The summed E-state index contributed by atoms with van der Waals surface area (Å²) in [5.74, 6) is -0.328. The fraction of sp³-hybridized carbons (Fsp3) is 0.942. The van der Waals surface area contributed by atoms with Gasteiger partial charge in [-0.2, -0.15) is 0 Å². The average molecular weight is 886 g/mol. The van der Waals surface area contributed by atoms with Gasteiger partial charge in [0, 0.05) is 13.0 Å². The molecule has 2 atom stereocenters. The zero-order chi connectivity index (χ0) is 44.8. The monoisotopic (exact) mass is 886 g/mol. The summed E-state index contributed by atoms with van der Waals surface area (Å²) in [4.78, 5) is 25.2. The maximum absolute atomic E-state index is 12.7. The van der Waals surface area contributed by atoms with E-state index in [1.165, 1.54) is 205 Å². The predicted octanol–water partition coefficient (Wildman–Crippen LogP) is 15.5. The lowest BCUT2D eigenvalue weighted by Gasteiger charge is -2.28. The number of hydrogen-bond acceptors (Lipinski definition) is 7. The molecule has 0 fully saturated rings. The van der Waals surface area contributed by atoms with Crippen LogP contribution in [0.3, 0.4) is 0 Å². The summed E-state index contributed by atoms with van der Waals surface area (Å²) in [6.45, 7) is 5.47. The minimum absolute atomic E-state index is 0.0296. The first-order valence-electron chi connectivity index (χ1n) is 26.4. The Morgan fingerprint density at radius 2 is 0.852 bits per heavy atom. The van der Waals surface area contributed by atoms with E-state index in [0.29, 0.717) is 24.1 Å². The smallest absolute Gasteiger partial charge is 0.306 e. The van der Waals surface area contributed by atoms with Gasteiger partial charge in [-0.05, 0) is 38.5 Å². The van der Waals surface area contributed by atoms with E-state index in [9.17, 15) is 14.3 Å². The standard InChI is InChI=1S/C52H104NO7P/c1-6-8-10-12-14-16-18-20-22-24-25-26-27-28-30-32-34-36-38-40-42-44-47-57-49-51(50-59-61(55,56)58-48-46-53(3,4)5)60-52(54)45-43-41-39-37-35-33-31-29-23-21-19-17-15-13-11-9-7-2/h24-25,51H,6-23,26-50H2,1-5H3/b25-24-. The molecule has 0 heterocycles. The molecule has 8 nitrogen and oxygen atoms in total. The number of phosphoric ester groups is 1. The van der Waals surface area contributed by atoms with Gasteiger partial charge in [-0.1, -0.05) is 225 Å². The largest absolute Gasteiger partial charge is 0.756 e. The third-order valence-electron chi connectivity index (χ3n) is 11.8. The van der Waals surface area contributed by atoms with Crippen molar-refractivity contribution < 1.29 is 37.3 Å². The number of rotatable bonds is 50. The van der Waals surface area contributed by atoms with E-state index in [1.54, 1.807) is 0 Å². The summed E-state index contributed by atoms with van der Waals surface area (Å²) in [6, 6.07) is 0. The number of hydrogen-bond donors (Lipinski definition) is 0. The summed E-state index contributed by atoms with van der Waals surface area (Å²) >= 11 is 0. The van der Waals surface area contributed by atoms with Crippen LogP contribution in [0.15, 0.2) is 12.2 Å². The van der Waals surface area contributed by atoms with Gasteiger partial charge in [0.2, 0.25) is 0 Å². The Balaban J connectivity index is 4.08. The topological polar surface area (TPSA) is 94.1 Å². The van der Waals surface area contributed by atoms with Crippen molar-refractivity contribution in [3.05, 3.63) is 12.2 Å². The summed E-state index contributed by atoms with van der Waals surface area (Å²) in [6.07, 6.45) is 52.3. The summed E-state index contributed by atoms with van der Waals surface area (Å²) < 4.78 is 34.8. The molecular formula is C52H104NO7P. The third-order valence-corrected chi connectivity index (χ3v) is 12.8. The normalized spacial score (nSPS) is 13.6. The van der Waals surface area contributed by atoms with Crippen molar-refractivity contribution in [2.45, 2.75) is 264 Å². The number of unbranched alkanes of at least 4 members (excludes halogenated alkanes) is 34. The Morgan fingerprint density at radius 1 is 0.492 bits per heavy atom. The van der Waals surface area contributed by atoms with Gasteiger partial charge in [0.05, 0.1) is 34.4 Å². The van der Waals surface area contributed by atoms with Crippen LogP contribution in [0.4, 0.5) is 0 Å². The maximum Gasteiger partial charge on any atom is 0.306 e. The molecule has 0 rings (SSSR count). The highest BCUT2D eigenvalue weighted by Gasteiger charge is 2.20. The van der Waals surface area contributed by atoms with Crippen molar-refractivity contribution in [1.82, 2.24) is 0 Å². The molecule has 2 unspecified atom stereocenters. The second-order valence-corrected chi connectivity index (χ2v) is 20.7. The van der Waals surface area contributed by atoms with Crippen LogP contribution in [-0.4, -0.2) is 70.7 Å². The van der Waals surface area contributed by atoms with Crippen LogP contribution in [0, 0.1) is 0 Å². The van der Waals surface area contributed by atoms with Gasteiger partial charge in [0.15, 0.2) is 0 Å². The fourth-order valence-electron chi connectivity index (χ4n) is 7.72. The number of carbonyl (C=O) groups excluding carboxylic acids is 1. The van der Waals surface area contributed by atoms with E-state index in [2.05, 4.69) is 26.0 Å². The van der Waals surface area contributed by atoms with Crippen molar-refractivity contribution in [3.63, 3.8) is 0 Å². The minimum atomic E-state index is -4.52. The van der Waals surface area contributed by atoms with E-state index < -0.39 is 13.9 Å². The molecule has 0 N–H and O–H groups in total. The molecule has 0 radical (unpaired) electrons. The van der Waals surface area contributed by atoms with E-state index in [-0.39, 0.29) is 25.8 Å². The molecule has 0 saturated carbocycles. The predicted molar refractivity (Wildman–Crippen MR) is 259 cm³/mol. The molecule has 0 aromatic carbocycles. The summed E-state index contributed by atoms with van der Waals surface area (Å²) in [5.41, 5.74) is 0. The molecule has 0 aliphatic heterocycles. The molecule has 0 aromatic heterocycles. The van der Waals surface area contributed by atoms with Crippen LogP contribution in [0.1, 0.15) is 258 Å². The van der Waals surface area contributed by atoms with E-state index >= 15 is 0 Å². The summed E-state index contributed by atoms with van der Waals surface area (Å²) in [7, 11) is 1.37. The lowest BCUT2D eigenvalue weighted by molar-refractivity contribution is -0.870. The van der Waals surface area contributed by atoms with Crippen LogP contribution in [0.2, 0.25) is 0 Å². The van der Waals surface area contributed by atoms with Crippen LogP contribution in [0.5, 0.6) is 0 Å². The molecular weight excluding hydrogens is 782 g/mol. The van der Waals surface area contributed by atoms with Gasteiger partial charge >= 0.3 is 5.97 Å². The maximum atomic E-state index is 12.7. The summed E-state index contributed by atoms with van der Waals surface area (Å²) in [5, 5.41) is 0. The Labute approximate surface area is 380 Å². The van der Waals surface area contributed by atoms with Gasteiger partial charge < -0.3 is 27.9 Å². The van der Waals surface area contributed by atoms with Crippen LogP contribution in [-0.2, 0) is 27.9 Å². The lowest BCUT2D eigenvalue weighted by Crippen LogP contribution is -2.37. The number of carbonyl (C=O) groups is 1. The highest BCUT2D eigenvalue weighted by atomic mass is 31.2. The Morgan fingerprint density at radius 3 is 1.25 bits per heavy atom. The SMILES string of the molecule is CCCCCCCCCC/C=C\CCCCCCCCCCCCOCC(COP(=O)([O-])OCC[N+](C)(C)C)OC(=O)CCCCCCCCCCCCCCCCCCC. The van der Waals surface area contributed by atoms with Gasteiger partial charge in [-0.3, -0.25) is 9.36 Å². The zero-order valence-corrected chi connectivity index (χ0v) is 42.3. The number of quaternary nitrogens is 1. The number of esters is 1. The second kappa shape index (κ2) is 45.8. The molecule has 61 heavy (non-hydrogen) atoms. The Hall–Kier alpha value is -0.760. The van der Waals surface area contributed by atoms with Gasteiger partial charge in [-0.15, -0.1) is 0 Å². The number of nitrogens with zero attached hydrogens (tertiary/aromatic N) is 1. The van der Waals surface area contributed by atoms with Crippen molar-refractivity contribution in [1.29, 1.82) is 0 Å². The van der Waals surface area contributed by atoms with Gasteiger partial charge in [0.25, 0.3) is 7.82 Å². The fourth-order valence-corrected chi connectivity index (χ4v) is 8.45. The Kier molecular flexibility index (Phi) is 45.2. The molecule has 364 valence electrons. The molecule has 0 amide bonds. The first-order chi connectivity index (χ1) is 29.6. The van der Waals surface area contributed by atoms with Crippen LogP contribution >= 0.6 is 7.82 Å². The molecule has 0 aliphatic rings. The molecule has 0 spiro atoms. The number of phosphoric acid groups is 1. The highest BCUT2D eigenvalue weighted by Crippen LogP contribution is 2.38. The van der Waals surface area contributed by atoms with E-state index in [4.69, 9.17) is 18.5 Å². The Bertz CT molecular complexity index is 987. The van der Waals surface area contributed by atoms with E-state index in [0.717, 1.165) is 32.1 Å². The second-order valence-electron chi connectivity index (χ2n) is 19.2. The average Bonchev–Trinajstić information content (AvgIpc) is 3.22. The first kappa shape index (κ1) is 60.2. The van der Waals surface area contributed by atoms with Crippen molar-refractivity contribution in [3.8, 4) is 0 Å². The molecule has 9 heteroatoms. The zero-order valence-electron chi connectivity index (χ0n) is 41.4. The minimum Gasteiger partial charge on any atom is -0.756 e. The first-order valence-corrected chi connectivity index (χ1v) is 27.9. The number of ether oxygens (including phenoxy) is 2.